The standard InChI is InChI=1S/C9H19NO/c1-9(11-3,7-10-2)6-8-4-5-8/h8,10H,4-7H2,1-3H3. The molecule has 11 heavy (non-hydrogen) atoms. The highest BCUT2D eigenvalue weighted by Gasteiger charge is 2.32. The molecule has 1 saturated carbocycles. The number of likely N-dealkylation sites (N-methyl/N-ethyl adjacent to an activating group) is 1. The van der Waals surface area contributed by atoms with E-state index in [9.17, 15) is 0 Å². The molecule has 0 saturated heterocycles. The Balaban J connectivity index is 2.29. The topological polar surface area (TPSA) is 21.3 Å². The molecular weight excluding hydrogens is 138 g/mol. The van der Waals surface area contributed by atoms with E-state index < -0.39 is 0 Å². The lowest BCUT2D eigenvalue weighted by Gasteiger charge is -2.27. The lowest BCUT2D eigenvalue weighted by Crippen LogP contribution is -2.38. The second kappa shape index (κ2) is 3.55. The smallest absolute Gasteiger partial charge is 0.0777 e. The van der Waals surface area contributed by atoms with Gasteiger partial charge in [-0.15, -0.1) is 0 Å². The van der Waals surface area contributed by atoms with Crippen LogP contribution >= 0.6 is 0 Å². The summed E-state index contributed by atoms with van der Waals surface area (Å²) < 4.78 is 5.47. The summed E-state index contributed by atoms with van der Waals surface area (Å²) >= 11 is 0. The Labute approximate surface area is 69.3 Å². The fourth-order valence-corrected chi connectivity index (χ4v) is 1.53. The zero-order chi connectivity index (χ0) is 8.32. The van der Waals surface area contributed by atoms with Crippen molar-refractivity contribution in [2.45, 2.75) is 31.8 Å². The van der Waals surface area contributed by atoms with Crippen LogP contribution in [0.4, 0.5) is 0 Å². The summed E-state index contributed by atoms with van der Waals surface area (Å²) in [5, 5.41) is 3.17. The number of hydrogen-bond donors (Lipinski definition) is 1. The first-order valence-corrected chi connectivity index (χ1v) is 4.40. The summed E-state index contributed by atoms with van der Waals surface area (Å²) in [6, 6.07) is 0. The first-order chi connectivity index (χ1) is 5.20. The van der Waals surface area contributed by atoms with Crippen LogP contribution in [0, 0.1) is 5.92 Å². The molecule has 0 aromatic rings. The van der Waals surface area contributed by atoms with E-state index in [1.54, 1.807) is 7.11 Å². The summed E-state index contributed by atoms with van der Waals surface area (Å²) in [7, 11) is 3.78. The van der Waals surface area contributed by atoms with E-state index in [0.717, 1.165) is 12.5 Å². The van der Waals surface area contributed by atoms with Crippen LogP contribution in [-0.4, -0.2) is 26.3 Å². The highest BCUT2D eigenvalue weighted by Crippen LogP contribution is 2.37. The summed E-state index contributed by atoms with van der Waals surface area (Å²) in [5.74, 6) is 0.938. The Bertz CT molecular complexity index is 123. The minimum atomic E-state index is 0.0654. The fraction of sp³-hybridized carbons (Fsp3) is 1.00. The van der Waals surface area contributed by atoms with Crippen LogP contribution in [0.1, 0.15) is 26.2 Å². The molecule has 0 aliphatic heterocycles. The van der Waals surface area contributed by atoms with Gasteiger partial charge in [0.25, 0.3) is 0 Å². The van der Waals surface area contributed by atoms with Crippen LogP contribution in [0.2, 0.25) is 0 Å². The van der Waals surface area contributed by atoms with Gasteiger partial charge < -0.3 is 10.1 Å². The van der Waals surface area contributed by atoms with Gasteiger partial charge in [-0.2, -0.15) is 0 Å². The maximum absolute atomic E-state index is 5.47. The Morgan fingerprint density at radius 1 is 1.55 bits per heavy atom. The lowest BCUT2D eigenvalue weighted by molar-refractivity contribution is -0.00321. The molecule has 0 spiro atoms. The molecular formula is C9H19NO. The minimum absolute atomic E-state index is 0.0654. The Kier molecular flexibility index (Phi) is 2.90. The average Bonchev–Trinajstić information content (AvgIpc) is 2.73. The molecule has 1 unspecified atom stereocenters. The molecule has 0 radical (unpaired) electrons. The van der Waals surface area contributed by atoms with Gasteiger partial charge in [0.2, 0.25) is 0 Å². The van der Waals surface area contributed by atoms with Gasteiger partial charge in [-0.05, 0) is 26.3 Å². The first-order valence-electron chi connectivity index (χ1n) is 4.40. The molecule has 1 aliphatic rings. The molecule has 66 valence electrons. The second-order valence-corrected chi connectivity index (χ2v) is 3.83. The first kappa shape index (κ1) is 9.01. The number of hydrogen-bond acceptors (Lipinski definition) is 2. The number of ether oxygens (including phenoxy) is 1. The molecule has 1 atom stereocenters. The normalized spacial score (nSPS) is 23.2. The van der Waals surface area contributed by atoms with Gasteiger partial charge in [0, 0.05) is 13.7 Å². The zero-order valence-corrected chi connectivity index (χ0v) is 7.81. The molecule has 0 aromatic heterocycles. The SMILES string of the molecule is CNCC(C)(CC1CC1)OC. The quantitative estimate of drug-likeness (QED) is 0.651. The predicted molar refractivity (Wildman–Crippen MR) is 46.7 cm³/mol. The number of nitrogens with one attached hydrogen (secondary N) is 1. The lowest BCUT2D eigenvalue weighted by atomic mass is 9.99. The molecule has 0 heterocycles. The van der Waals surface area contributed by atoms with Crippen molar-refractivity contribution in [3.63, 3.8) is 0 Å². The monoisotopic (exact) mass is 157 g/mol. The molecule has 1 N–H and O–H groups in total. The maximum atomic E-state index is 5.47. The van der Waals surface area contributed by atoms with Crippen molar-refractivity contribution in [1.82, 2.24) is 5.32 Å². The van der Waals surface area contributed by atoms with Crippen LogP contribution in [0.3, 0.4) is 0 Å². The Morgan fingerprint density at radius 3 is 2.55 bits per heavy atom. The molecule has 0 bridgehead atoms. The third kappa shape index (κ3) is 2.80. The van der Waals surface area contributed by atoms with Crippen LogP contribution in [-0.2, 0) is 4.74 Å². The summed E-state index contributed by atoms with van der Waals surface area (Å²) in [6.45, 7) is 3.14. The highest BCUT2D eigenvalue weighted by molar-refractivity contribution is 4.86. The third-order valence-corrected chi connectivity index (χ3v) is 2.46. The summed E-state index contributed by atoms with van der Waals surface area (Å²) in [6.07, 6.45) is 4.02. The highest BCUT2D eigenvalue weighted by atomic mass is 16.5. The molecule has 1 rings (SSSR count). The minimum Gasteiger partial charge on any atom is -0.377 e. The average molecular weight is 157 g/mol. The van der Waals surface area contributed by atoms with Gasteiger partial charge in [-0.1, -0.05) is 12.8 Å². The van der Waals surface area contributed by atoms with Gasteiger partial charge in [0.15, 0.2) is 0 Å². The van der Waals surface area contributed by atoms with Crippen LogP contribution in [0.25, 0.3) is 0 Å². The second-order valence-electron chi connectivity index (χ2n) is 3.83. The van der Waals surface area contributed by atoms with E-state index in [1.165, 1.54) is 19.3 Å². The Hall–Kier alpha value is -0.0800. The Morgan fingerprint density at radius 2 is 2.18 bits per heavy atom. The van der Waals surface area contributed by atoms with Crippen molar-refractivity contribution in [3.05, 3.63) is 0 Å². The van der Waals surface area contributed by atoms with Crippen LogP contribution in [0.15, 0.2) is 0 Å². The third-order valence-electron chi connectivity index (χ3n) is 2.46. The summed E-state index contributed by atoms with van der Waals surface area (Å²) in [5.41, 5.74) is 0.0654. The van der Waals surface area contributed by atoms with Crippen molar-refractivity contribution in [3.8, 4) is 0 Å². The van der Waals surface area contributed by atoms with E-state index in [4.69, 9.17) is 4.74 Å². The van der Waals surface area contributed by atoms with Gasteiger partial charge in [-0.3, -0.25) is 0 Å². The molecule has 0 amide bonds. The van der Waals surface area contributed by atoms with Crippen molar-refractivity contribution < 1.29 is 4.74 Å². The van der Waals surface area contributed by atoms with E-state index in [-0.39, 0.29) is 5.60 Å². The number of methoxy groups -OCH3 is 1. The van der Waals surface area contributed by atoms with Crippen molar-refractivity contribution >= 4 is 0 Å². The number of rotatable bonds is 5. The van der Waals surface area contributed by atoms with Crippen LogP contribution < -0.4 is 5.32 Å². The van der Waals surface area contributed by atoms with Gasteiger partial charge in [0.1, 0.15) is 0 Å². The largest absolute Gasteiger partial charge is 0.377 e. The summed E-state index contributed by atoms with van der Waals surface area (Å²) in [4.78, 5) is 0. The van der Waals surface area contributed by atoms with E-state index in [1.807, 2.05) is 7.05 Å². The van der Waals surface area contributed by atoms with Crippen molar-refractivity contribution in [2.24, 2.45) is 5.92 Å². The van der Waals surface area contributed by atoms with E-state index >= 15 is 0 Å². The zero-order valence-electron chi connectivity index (χ0n) is 7.81. The molecule has 1 fully saturated rings. The van der Waals surface area contributed by atoms with Crippen LogP contribution in [0.5, 0.6) is 0 Å². The van der Waals surface area contributed by atoms with Gasteiger partial charge >= 0.3 is 0 Å². The van der Waals surface area contributed by atoms with Gasteiger partial charge in [0.05, 0.1) is 5.60 Å². The maximum Gasteiger partial charge on any atom is 0.0777 e. The fourth-order valence-electron chi connectivity index (χ4n) is 1.53. The molecule has 1 aliphatic carbocycles. The van der Waals surface area contributed by atoms with Crippen molar-refractivity contribution in [1.29, 1.82) is 0 Å². The van der Waals surface area contributed by atoms with E-state index in [2.05, 4.69) is 12.2 Å². The molecule has 2 heteroatoms. The molecule has 2 nitrogen and oxygen atoms in total. The van der Waals surface area contributed by atoms with Gasteiger partial charge in [-0.25, -0.2) is 0 Å². The van der Waals surface area contributed by atoms with E-state index in [0.29, 0.717) is 0 Å². The molecule has 0 aromatic carbocycles. The van der Waals surface area contributed by atoms with Crippen molar-refractivity contribution in [2.75, 3.05) is 20.7 Å². The predicted octanol–water partition coefficient (Wildman–Crippen LogP) is 1.41.